The van der Waals surface area contributed by atoms with Gasteiger partial charge in [0, 0.05) is 26.6 Å². The largest absolute Gasteiger partial charge is 0.534 e. The molecule has 1 aliphatic carbocycles. The molecule has 0 heterocycles. The topological polar surface area (TPSA) is 108 Å². The summed E-state index contributed by atoms with van der Waals surface area (Å²) < 4.78 is 110. The molecule has 0 amide bonds. The van der Waals surface area contributed by atoms with Crippen molar-refractivity contribution in [1.29, 1.82) is 0 Å². The van der Waals surface area contributed by atoms with Gasteiger partial charge in [0.15, 0.2) is 8.32 Å². The van der Waals surface area contributed by atoms with E-state index in [1.54, 1.807) is 31.2 Å². The zero-order valence-electron chi connectivity index (χ0n) is 25.9. The fourth-order valence-electron chi connectivity index (χ4n) is 5.37. The van der Waals surface area contributed by atoms with E-state index in [1.807, 2.05) is 20.8 Å². The highest BCUT2D eigenvalue weighted by atomic mass is 32.2. The zero-order chi connectivity index (χ0) is 32.5. The number of hydrogen-bond donors (Lipinski definition) is 0. The number of rotatable bonds is 19. The van der Waals surface area contributed by atoms with Gasteiger partial charge in [0.05, 0.1) is 31.5 Å². The standard InChI is InChI=1S/C28H45F3O10SSi/c1-9-43(10-2,11-3)41-23-16-27(5,39-19-35-7)26(38-18-34-6)24(23)25(20(4)40-42(32,33)28(29,30)31)37-17-21-12-14-22(36-8)15-13-21/h12-15,23-26H,4,9-11,16-19H2,1-3,5-8H3/t23-,24+,25+,26-,27-/m1/s1. The first-order valence-electron chi connectivity index (χ1n) is 14.0. The van der Waals surface area contributed by atoms with Crippen LogP contribution in [-0.4, -0.2) is 81.1 Å². The molecular formula is C28H45F3O10SSi. The molecule has 0 N–H and O–H groups in total. The molecule has 5 atom stereocenters. The quantitative estimate of drug-likeness (QED) is 0.0601. The van der Waals surface area contributed by atoms with Gasteiger partial charge in [0.2, 0.25) is 0 Å². The second kappa shape index (κ2) is 16.0. The molecular weight excluding hydrogens is 613 g/mol. The first-order chi connectivity index (χ1) is 20.2. The van der Waals surface area contributed by atoms with E-state index in [-0.39, 0.29) is 26.6 Å². The molecule has 0 bridgehead atoms. The van der Waals surface area contributed by atoms with Gasteiger partial charge in [-0.3, -0.25) is 0 Å². The Bertz CT molecular complexity index is 1110. The lowest BCUT2D eigenvalue weighted by molar-refractivity contribution is -0.206. The van der Waals surface area contributed by atoms with Crippen LogP contribution in [0.1, 0.15) is 39.7 Å². The number of methoxy groups -OCH3 is 3. The summed E-state index contributed by atoms with van der Waals surface area (Å²) in [7, 11) is -4.01. The van der Waals surface area contributed by atoms with Crippen LogP contribution in [0.15, 0.2) is 36.6 Å². The maximum absolute atomic E-state index is 13.4. The van der Waals surface area contributed by atoms with Crippen molar-refractivity contribution in [2.45, 2.75) is 88.3 Å². The van der Waals surface area contributed by atoms with Crippen molar-refractivity contribution >= 4 is 18.4 Å². The smallest absolute Gasteiger partial charge is 0.497 e. The molecule has 0 unspecified atom stereocenters. The highest BCUT2D eigenvalue weighted by Crippen LogP contribution is 2.47. The maximum Gasteiger partial charge on any atom is 0.534 e. The second-order valence-electron chi connectivity index (χ2n) is 10.6. The van der Waals surface area contributed by atoms with E-state index in [2.05, 4.69) is 10.8 Å². The third-order valence-electron chi connectivity index (χ3n) is 7.95. The first kappa shape index (κ1) is 37.5. The van der Waals surface area contributed by atoms with Crippen LogP contribution in [0.5, 0.6) is 5.75 Å². The highest BCUT2D eigenvalue weighted by Gasteiger charge is 2.59. The Hall–Kier alpha value is -1.72. The minimum absolute atomic E-state index is 0.113. The molecule has 0 radical (unpaired) electrons. The van der Waals surface area contributed by atoms with Gasteiger partial charge in [0.1, 0.15) is 31.2 Å². The minimum atomic E-state index is -6.05. The van der Waals surface area contributed by atoms with Crippen LogP contribution in [0, 0.1) is 5.92 Å². The Morgan fingerprint density at radius 2 is 1.63 bits per heavy atom. The third kappa shape index (κ3) is 9.39. The van der Waals surface area contributed by atoms with Crippen molar-refractivity contribution in [1.82, 2.24) is 0 Å². The first-order valence-corrected chi connectivity index (χ1v) is 18.0. The van der Waals surface area contributed by atoms with Crippen LogP contribution in [0.2, 0.25) is 18.1 Å². The van der Waals surface area contributed by atoms with E-state index < -0.39 is 59.5 Å². The average Bonchev–Trinajstić information content (AvgIpc) is 3.23. The number of ether oxygens (including phenoxy) is 6. The number of benzene rings is 1. The molecule has 15 heteroatoms. The number of hydrogen-bond acceptors (Lipinski definition) is 10. The molecule has 1 aliphatic rings. The normalized spacial score (nSPS) is 23.7. The van der Waals surface area contributed by atoms with Crippen molar-refractivity contribution < 1.29 is 58.6 Å². The van der Waals surface area contributed by atoms with Crippen molar-refractivity contribution in [2.24, 2.45) is 5.92 Å². The second-order valence-corrected chi connectivity index (χ2v) is 16.8. The lowest BCUT2D eigenvalue weighted by atomic mass is 9.91. The van der Waals surface area contributed by atoms with E-state index >= 15 is 0 Å². The predicted molar refractivity (Wildman–Crippen MR) is 155 cm³/mol. The monoisotopic (exact) mass is 658 g/mol. The zero-order valence-corrected chi connectivity index (χ0v) is 27.7. The van der Waals surface area contributed by atoms with Crippen LogP contribution >= 0.6 is 0 Å². The van der Waals surface area contributed by atoms with Crippen LogP contribution in [0.3, 0.4) is 0 Å². The fourth-order valence-corrected chi connectivity index (χ4v) is 8.73. The lowest BCUT2D eigenvalue weighted by Crippen LogP contribution is -2.49. The molecule has 0 spiro atoms. The van der Waals surface area contributed by atoms with Crippen LogP contribution in [0.25, 0.3) is 0 Å². The Balaban J connectivity index is 2.67. The Morgan fingerprint density at radius 3 is 2.12 bits per heavy atom. The van der Waals surface area contributed by atoms with E-state index in [0.29, 0.717) is 11.3 Å². The highest BCUT2D eigenvalue weighted by molar-refractivity contribution is 7.87. The van der Waals surface area contributed by atoms with E-state index in [0.717, 1.165) is 18.1 Å². The van der Waals surface area contributed by atoms with Gasteiger partial charge in [-0.15, -0.1) is 0 Å². The molecule has 248 valence electrons. The Kier molecular flexibility index (Phi) is 14.0. The van der Waals surface area contributed by atoms with Crippen molar-refractivity contribution in [3.63, 3.8) is 0 Å². The van der Waals surface area contributed by atoms with Crippen LogP contribution < -0.4 is 4.74 Å². The van der Waals surface area contributed by atoms with E-state index in [1.165, 1.54) is 21.3 Å². The van der Waals surface area contributed by atoms with E-state index in [4.69, 9.17) is 32.8 Å². The van der Waals surface area contributed by atoms with Gasteiger partial charge < -0.3 is 37.0 Å². The van der Waals surface area contributed by atoms with Gasteiger partial charge >= 0.3 is 15.6 Å². The van der Waals surface area contributed by atoms with Gasteiger partial charge in [-0.25, -0.2) is 0 Å². The fraction of sp³-hybridized carbons (Fsp3) is 0.714. The molecule has 0 saturated heterocycles. The number of alkyl halides is 3. The average molecular weight is 659 g/mol. The van der Waals surface area contributed by atoms with E-state index in [9.17, 15) is 21.6 Å². The van der Waals surface area contributed by atoms with Crippen molar-refractivity contribution in [3.05, 3.63) is 42.2 Å². The van der Waals surface area contributed by atoms with Crippen LogP contribution in [-0.2, 0) is 49.0 Å². The number of halogens is 3. The van der Waals surface area contributed by atoms with Crippen molar-refractivity contribution in [2.75, 3.05) is 34.9 Å². The maximum atomic E-state index is 13.4. The van der Waals surface area contributed by atoms with Gasteiger partial charge in [-0.2, -0.15) is 21.6 Å². The summed E-state index contributed by atoms with van der Waals surface area (Å²) in [6.07, 6.45) is -2.80. The lowest BCUT2D eigenvalue weighted by Gasteiger charge is -2.38. The molecule has 2 rings (SSSR count). The third-order valence-corrected chi connectivity index (χ3v) is 13.6. The summed E-state index contributed by atoms with van der Waals surface area (Å²) in [6, 6.07) is 9.14. The Labute approximate surface area is 254 Å². The summed E-state index contributed by atoms with van der Waals surface area (Å²) in [5.41, 5.74) is -6.14. The molecule has 0 aromatic heterocycles. The summed E-state index contributed by atoms with van der Waals surface area (Å²) in [5, 5.41) is 0. The molecule has 1 saturated carbocycles. The molecule has 0 aliphatic heterocycles. The van der Waals surface area contributed by atoms with Gasteiger partial charge in [0.25, 0.3) is 0 Å². The molecule has 43 heavy (non-hydrogen) atoms. The minimum Gasteiger partial charge on any atom is -0.497 e. The molecule has 1 fully saturated rings. The Morgan fingerprint density at radius 1 is 1.05 bits per heavy atom. The van der Waals surface area contributed by atoms with Crippen molar-refractivity contribution in [3.8, 4) is 5.75 Å². The summed E-state index contributed by atoms with van der Waals surface area (Å²) in [6.45, 7) is 11.1. The molecule has 10 nitrogen and oxygen atoms in total. The predicted octanol–water partition coefficient (Wildman–Crippen LogP) is 5.74. The summed E-state index contributed by atoms with van der Waals surface area (Å²) in [4.78, 5) is 0. The van der Waals surface area contributed by atoms with Gasteiger partial charge in [-0.1, -0.05) is 39.5 Å². The summed E-state index contributed by atoms with van der Waals surface area (Å²) in [5.74, 6) is -1.08. The SMILES string of the molecule is C=C(OS(=O)(=O)C(F)(F)F)[C@H](OCc1ccc(OC)cc1)[C@H]1[C@@H](OCOC)[C@](C)(OCOC)C[C@H]1O[Si](CC)(CC)CC. The van der Waals surface area contributed by atoms with Gasteiger partial charge in [-0.05, 0) is 42.8 Å². The molecule has 1 aromatic carbocycles. The van der Waals surface area contributed by atoms with Crippen LogP contribution in [0.4, 0.5) is 13.2 Å². The summed E-state index contributed by atoms with van der Waals surface area (Å²) >= 11 is 0. The molecule has 1 aromatic rings.